The summed E-state index contributed by atoms with van der Waals surface area (Å²) >= 11 is 0. The summed E-state index contributed by atoms with van der Waals surface area (Å²) in [6.07, 6.45) is 1.67. The van der Waals surface area contributed by atoms with Crippen LogP contribution in [0.1, 0.15) is 54.7 Å². The lowest BCUT2D eigenvalue weighted by molar-refractivity contribution is 0.103. The molecule has 0 radical (unpaired) electrons. The minimum absolute atomic E-state index is 0.0345. The monoisotopic (exact) mass is 354 g/mol. The fourth-order valence-corrected chi connectivity index (χ4v) is 3.32. The van der Waals surface area contributed by atoms with Gasteiger partial charge >= 0.3 is 0 Å². The molecule has 2 aromatic carbocycles. The molecule has 0 N–H and O–H groups in total. The molecule has 140 valence electrons. The highest BCUT2D eigenvalue weighted by Crippen LogP contribution is 2.39. The van der Waals surface area contributed by atoms with Gasteiger partial charge < -0.3 is 9.47 Å². The number of ketones is 1. The Hall–Kier alpha value is -2.29. The maximum atomic E-state index is 13.3. The van der Waals surface area contributed by atoms with Crippen molar-refractivity contribution in [3.8, 4) is 11.5 Å². The number of benzene rings is 2. The summed E-state index contributed by atoms with van der Waals surface area (Å²) in [7, 11) is 3.29. The van der Waals surface area contributed by atoms with Crippen molar-refractivity contribution in [2.24, 2.45) is 11.8 Å². The zero-order chi connectivity index (χ0) is 19.3. The lowest BCUT2D eigenvalue weighted by Gasteiger charge is -2.22. The summed E-state index contributed by atoms with van der Waals surface area (Å²) in [6.45, 7) is 8.70. The molecule has 0 amide bonds. The van der Waals surface area contributed by atoms with E-state index in [-0.39, 0.29) is 5.78 Å². The van der Waals surface area contributed by atoms with Crippen LogP contribution in [0, 0.1) is 11.8 Å². The molecule has 0 bridgehead atoms. The average Bonchev–Trinajstić information content (AvgIpc) is 2.62. The van der Waals surface area contributed by atoms with Crippen molar-refractivity contribution in [2.75, 3.05) is 14.2 Å². The minimum atomic E-state index is 0.0345. The minimum Gasteiger partial charge on any atom is -0.493 e. The summed E-state index contributed by atoms with van der Waals surface area (Å²) in [4.78, 5) is 13.3. The van der Waals surface area contributed by atoms with E-state index in [0.29, 0.717) is 23.1 Å². The zero-order valence-corrected chi connectivity index (χ0v) is 16.8. The van der Waals surface area contributed by atoms with E-state index in [9.17, 15) is 4.79 Å². The van der Waals surface area contributed by atoms with Crippen LogP contribution in [0.15, 0.2) is 36.4 Å². The van der Waals surface area contributed by atoms with Crippen molar-refractivity contribution < 1.29 is 14.3 Å². The third kappa shape index (κ3) is 4.46. The van der Waals surface area contributed by atoms with Gasteiger partial charge in [0.1, 0.15) is 0 Å². The Labute approximate surface area is 157 Å². The number of hydrogen-bond donors (Lipinski definition) is 0. The number of methoxy groups -OCH3 is 2. The first-order valence-corrected chi connectivity index (χ1v) is 9.25. The summed E-state index contributed by atoms with van der Waals surface area (Å²) in [5, 5.41) is 0. The fourth-order valence-electron chi connectivity index (χ4n) is 3.32. The number of hydrogen-bond acceptors (Lipinski definition) is 3. The fraction of sp³-hybridized carbons (Fsp3) is 0.435. The summed E-state index contributed by atoms with van der Waals surface area (Å²) in [6, 6.07) is 11.3. The van der Waals surface area contributed by atoms with Crippen LogP contribution in [0.4, 0.5) is 0 Å². The first kappa shape index (κ1) is 20.0. The molecule has 0 atom stereocenters. The lowest BCUT2D eigenvalue weighted by atomic mass is 9.85. The number of carbonyl (C=O) groups excluding carboxylic acids is 1. The van der Waals surface area contributed by atoms with Gasteiger partial charge in [-0.05, 0) is 36.3 Å². The predicted molar refractivity (Wildman–Crippen MR) is 107 cm³/mol. The van der Waals surface area contributed by atoms with E-state index in [1.165, 1.54) is 0 Å². The highest BCUT2D eigenvalue weighted by molar-refractivity contribution is 6.10. The van der Waals surface area contributed by atoms with Crippen molar-refractivity contribution in [3.63, 3.8) is 0 Å². The molecule has 0 saturated heterocycles. The summed E-state index contributed by atoms with van der Waals surface area (Å²) in [5.74, 6) is 2.28. The molecule has 0 aliphatic rings. The SMILES string of the molecule is COc1cc(C(=O)c2ccccc2)c(CC(C)C)c(CC(C)C)c1OC. The molecule has 0 aromatic heterocycles. The molecule has 0 fully saturated rings. The second kappa shape index (κ2) is 8.88. The molecular weight excluding hydrogens is 324 g/mol. The Balaban J connectivity index is 2.74. The standard InChI is InChI=1S/C23H30O3/c1-15(2)12-18-19(22(24)17-10-8-7-9-11-17)14-21(25-5)23(26-6)20(18)13-16(3)4/h7-11,14-16H,12-13H2,1-6H3. The Kier molecular flexibility index (Phi) is 6.84. The Morgan fingerprint density at radius 1 is 0.885 bits per heavy atom. The summed E-state index contributed by atoms with van der Waals surface area (Å²) in [5.41, 5.74) is 3.59. The van der Waals surface area contributed by atoms with Gasteiger partial charge in [-0.1, -0.05) is 58.0 Å². The molecule has 3 nitrogen and oxygen atoms in total. The van der Waals surface area contributed by atoms with Gasteiger partial charge in [-0.2, -0.15) is 0 Å². The van der Waals surface area contributed by atoms with E-state index in [4.69, 9.17) is 9.47 Å². The van der Waals surface area contributed by atoms with Gasteiger partial charge in [0.15, 0.2) is 17.3 Å². The number of rotatable bonds is 8. The molecule has 0 heterocycles. The number of ether oxygens (including phenoxy) is 2. The van der Waals surface area contributed by atoms with Crippen LogP contribution in [0.5, 0.6) is 11.5 Å². The molecular formula is C23H30O3. The lowest BCUT2D eigenvalue weighted by Crippen LogP contribution is -2.14. The Morgan fingerprint density at radius 3 is 1.96 bits per heavy atom. The quantitative estimate of drug-likeness (QED) is 0.601. The Morgan fingerprint density at radius 2 is 1.46 bits per heavy atom. The van der Waals surface area contributed by atoms with Crippen molar-refractivity contribution in [3.05, 3.63) is 58.7 Å². The molecule has 0 aliphatic carbocycles. The largest absolute Gasteiger partial charge is 0.493 e. The van der Waals surface area contributed by atoms with E-state index < -0.39 is 0 Å². The van der Waals surface area contributed by atoms with E-state index >= 15 is 0 Å². The highest BCUT2D eigenvalue weighted by atomic mass is 16.5. The van der Waals surface area contributed by atoms with Crippen molar-refractivity contribution >= 4 is 5.78 Å². The van der Waals surface area contributed by atoms with Crippen LogP contribution >= 0.6 is 0 Å². The van der Waals surface area contributed by atoms with E-state index in [1.54, 1.807) is 14.2 Å². The molecule has 26 heavy (non-hydrogen) atoms. The van der Waals surface area contributed by atoms with Gasteiger partial charge in [-0.15, -0.1) is 0 Å². The topological polar surface area (TPSA) is 35.5 Å². The molecule has 0 aliphatic heterocycles. The van der Waals surface area contributed by atoms with Crippen molar-refractivity contribution in [1.82, 2.24) is 0 Å². The van der Waals surface area contributed by atoms with Gasteiger partial charge in [0, 0.05) is 16.7 Å². The van der Waals surface area contributed by atoms with Gasteiger partial charge in [-0.3, -0.25) is 4.79 Å². The molecule has 0 unspecified atom stereocenters. The second-order valence-electron chi connectivity index (χ2n) is 7.51. The van der Waals surface area contributed by atoms with Gasteiger partial charge in [0.25, 0.3) is 0 Å². The van der Waals surface area contributed by atoms with Crippen LogP contribution in [-0.2, 0) is 12.8 Å². The molecule has 2 rings (SSSR count). The summed E-state index contributed by atoms with van der Waals surface area (Å²) < 4.78 is 11.3. The average molecular weight is 354 g/mol. The molecule has 0 saturated carbocycles. The van der Waals surface area contributed by atoms with E-state index in [2.05, 4.69) is 27.7 Å². The van der Waals surface area contributed by atoms with Gasteiger partial charge in [0.2, 0.25) is 0 Å². The third-order valence-electron chi connectivity index (χ3n) is 4.39. The zero-order valence-electron chi connectivity index (χ0n) is 16.8. The first-order chi connectivity index (χ1) is 12.4. The normalized spacial score (nSPS) is 11.1. The Bertz CT molecular complexity index is 746. The molecule has 2 aromatic rings. The van der Waals surface area contributed by atoms with Crippen molar-refractivity contribution in [2.45, 2.75) is 40.5 Å². The van der Waals surface area contributed by atoms with E-state index in [1.807, 2.05) is 36.4 Å². The van der Waals surface area contributed by atoms with Crippen LogP contribution < -0.4 is 9.47 Å². The first-order valence-electron chi connectivity index (χ1n) is 9.25. The van der Waals surface area contributed by atoms with Gasteiger partial charge in [-0.25, -0.2) is 0 Å². The molecule has 0 spiro atoms. The van der Waals surface area contributed by atoms with Crippen LogP contribution in [0.2, 0.25) is 0 Å². The molecule has 3 heteroatoms. The van der Waals surface area contributed by atoms with E-state index in [0.717, 1.165) is 35.3 Å². The van der Waals surface area contributed by atoms with Crippen molar-refractivity contribution in [1.29, 1.82) is 0 Å². The number of carbonyl (C=O) groups is 1. The van der Waals surface area contributed by atoms with Crippen LogP contribution in [0.3, 0.4) is 0 Å². The second-order valence-corrected chi connectivity index (χ2v) is 7.51. The predicted octanol–water partition coefficient (Wildman–Crippen LogP) is 5.33. The van der Waals surface area contributed by atoms with Crippen LogP contribution in [0.25, 0.3) is 0 Å². The van der Waals surface area contributed by atoms with Gasteiger partial charge in [0.05, 0.1) is 14.2 Å². The van der Waals surface area contributed by atoms with Crippen LogP contribution in [-0.4, -0.2) is 20.0 Å². The maximum absolute atomic E-state index is 13.3. The highest BCUT2D eigenvalue weighted by Gasteiger charge is 2.24. The smallest absolute Gasteiger partial charge is 0.193 e. The third-order valence-corrected chi connectivity index (χ3v) is 4.39. The maximum Gasteiger partial charge on any atom is 0.193 e.